The molecule has 1 amide bonds. The monoisotopic (exact) mass is 248 g/mol. The molecule has 0 aliphatic heterocycles. The predicted octanol–water partition coefficient (Wildman–Crippen LogP) is 1.09. The number of carboxylic acids is 1. The zero-order chi connectivity index (χ0) is 13.3. The average molecular weight is 248 g/mol. The van der Waals surface area contributed by atoms with Gasteiger partial charge in [-0.15, -0.1) is 0 Å². The number of amides is 1. The third-order valence-corrected chi connectivity index (χ3v) is 3.32. The largest absolute Gasteiger partial charge is 0.481 e. The summed E-state index contributed by atoms with van der Waals surface area (Å²) in [5.74, 6) is -1.52. The van der Waals surface area contributed by atoms with Crippen LogP contribution in [0.2, 0.25) is 0 Å². The molecule has 2 atom stereocenters. The summed E-state index contributed by atoms with van der Waals surface area (Å²) in [6.07, 6.45) is 3.79. The summed E-state index contributed by atoms with van der Waals surface area (Å²) in [6.45, 7) is 1.92. The van der Waals surface area contributed by atoms with Crippen LogP contribution >= 0.6 is 0 Å². The van der Waals surface area contributed by atoms with Gasteiger partial charge in [0.25, 0.3) is 5.91 Å². The molecule has 1 heterocycles. The van der Waals surface area contributed by atoms with Crippen molar-refractivity contribution in [1.29, 1.82) is 0 Å². The molecule has 0 saturated carbocycles. The van der Waals surface area contributed by atoms with Gasteiger partial charge in [-0.25, -0.2) is 0 Å². The summed E-state index contributed by atoms with van der Waals surface area (Å²) in [6, 6.07) is 3.44. The van der Waals surface area contributed by atoms with Crippen LogP contribution in [0.4, 0.5) is 0 Å². The molecule has 5 heteroatoms. The number of carbonyl (C=O) groups is 2. The van der Waals surface area contributed by atoms with Gasteiger partial charge in [0, 0.05) is 18.8 Å². The van der Waals surface area contributed by atoms with Gasteiger partial charge in [-0.2, -0.15) is 0 Å². The van der Waals surface area contributed by atoms with Gasteiger partial charge < -0.3 is 15.0 Å². The second-order valence-corrected chi connectivity index (χ2v) is 4.56. The molecule has 1 aliphatic carbocycles. The Morgan fingerprint density at radius 2 is 2.11 bits per heavy atom. The predicted molar refractivity (Wildman–Crippen MR) is 66.3 cm³/mol. The van der Waals surface area contributed by atoms with Crippen molar-refractivity contribution in [2.45, 2.75) is 19.4 Å². The third-order valence-electron chi connectivity index (χ3n) is 3.32. The first-order chi connectivity index (χ1) is 8.49. The quantitative estimate of drug-likeness (QED) is 0.787. The molecular formula is C13H16N2O3. The second kappa shape index (κ2) is 4.68. The lowest BCUT2D eigenvalue weighted by atomic mass is 10.1. The Balaban J connectivity index is 2.00. The summed E-state index contributed by atoms with van der Waals surface area (Å²) in [5, 5.41) is 11.7. The van der Waals surface area contributed by atoms with Crippen molar-refractivity contribution in [2.75, 3.05) is 0 Å². The first-order valence-electron chi connectivity index (χ1n) is 5.83. The zero-order valence-corrected chi connectivity index (χ0v) is 10.4. The lowest BCUT2D eigenvalue weighted by Gasteiger charge is -2.12. The Labute approximate surface area is 105 Å². The van der Waals surface area contributed by atoms with E-state index in [4.69, 9.17) is 5.11 Å². The molecule has 1 aromatic heterocycles. The van der Waals surface area contributed by atoms with Crippen LogP contribution in [0.15, 0.2) is 24.3 Å². The number of nitrogens with zero attached hydrogens (tertiary/aromatic N) is 1. The van der Waals surface area contributed by atoms with Crippen molar-refractivity contribution < 1.29 is 14.7 Å². The van der Waals surface area contributed by atoms with E-state index < -0.39 is 11.9 Å². The van der Waals surface area contributed by atoms with E-state index in [0.29, 0.717) is 12.1 Å². The molecule has 5 nitrogen and oxygen atoms in total. The lowest BCUT2D eigenvalue weighted by Crippen LogP contribution is -2.34. The highest BCUT2D eigenvalue weighted by Gasteiger charge is 2.26. The van der Waals surface area contributed by atoms with Crippen molar-refractivity contribution >= 4 is 11.9 Å². The second-order valence-electron chi connectivity index (χ2n) is 4.56. The molecule has 0 bridgehead atoms. The van der Waals surface area contributed by atoms with E-state index in [9.17, 15) is 9.59 Å². The summed E-state index contributed by atoms with van der Waals surface area (Å²) in [5.41, 5.74) is 1.59. The highest BCUT2D eigenvalue weighted by atomic mass is 16.4. The minimum atomic E-state index is -0.849. The van der Waals surface area contributed by atoms with Gasteiger partial charge in [0.1, 0.15) is 5.69 Å². The number of nitrogens with one attached hydrogen (secondary N) is 1. The molecule has 0 aromatic carbocycles. The molecule has 0 spiro atoms. The van der Waals surface area contributed by atoms with Crippen LogP contribution in [0.5, 0.6) is 0 Å². The van der Waals surface area contributed by atoms with Crippen LogP contribution < -0.4 is 5.32 Å². The van der Waals surface area contributed by atoms with Crippen LogP contribution in [-0.4, -0.2) is 27.6 Å². The Bertz CT molecular complexity index is 516. The number of rotatable bonds is 3. The van der Waals surface area contributed by atoms with Crippen LogP contribution in [0.25, 0.3) is 0 Å². The number of carbonyl (C=O) groups excluding carboxylic acids is 1. The van der Waals surface area contributed by atoms with Gasteiger partial charge in [0.05, 0.1) is 5.92 Å². The maximum atomic E-state index is 12.0. The Morgan fingerprint density at radius 3 is 2.61 bits per heavy atom. The molecule has 2 N–H and O–H groups in total. The lowest BCUT2D eigenvalue weighted by molar-refractivity contribution is -0.140. The van der Waals surface area contributed by atoms with Crippen LogP contribution in [0.3, 0.4) is 0 Å². The molecule has 0 radical (unpaired) electrons. The molecule has 96 valence electrons. The minimum Gasteiger partial charge on any atom is -0.481 e. The van der Waals surface area contributed by atoms with E-state index in [1.165, 1.54) is 0 Å². The number of hydrogen-bond donors (Lipinski definition) is 2. The van der Waals surface area contributed by atoms with Crippen LogP contribution in [-0.2, 0) is 11.8 Å². The number of aromatic nitrogens is 1. The van der Waals surface area contributed by atoms with Crippen LogP contribution in [0.1, 0.15) is 22.6 Å². The Morgan fingerprint density at radius 1 is 1.39 bits per heavy atom. The molecule has 2 rings (SSSR count). The van der Waals surface area contributed by atoms with E-state index in [0.717, 1.165) is 5.69 Å². The van der Waals surface area contributed by atoms with Gasteiger partial charge in [-0.1, -0.05) is 12.2 Å². The summed E-state index contributed by atoms with van der Waals surface area (Å²) in [4.78, 5) is 22.8. The van der Waals surface area contributed by atoms with Gasteiger partial charge in [0.2, 0.25) is 0 Å². The number of aliphatic carboxylic acids is 1. The molecule has 18 heavy (non-hydrogen) atoms. The highest BCUT2D eigenvalue weighted by Crippen LogP contribution is 2.18. The summed E-state index contributed by atoms with van der Waals surface area (Å²) >= 11 is 0. The smallest absolute Gasteiger partial charge is 0.310 e. The third kappa shape index (κ3) is 2.30. The SMILES string of the molecule is Cc1ccc(C(=O)NC2C=CC(C(=O)O)C2)n1C. The number of aryl methyl sites for hydroxylation is 1. The minimum absolute atomic E-state index is 0.175. The molecule has 0 saturated heterocycles. The molecule has 1 aromatic rings. The fourth-order valence-corrected chi connectivity index (χ4v) is 2.07. The normalized spacial score (nSPS) is 22.1. The van der Waals surface area contributed by atoms with E-state index in [1.807, 2.05) is 24.6 Å². The number of carboxylic acid groups (broad SMARTS) is 1. The number of hydrogen-bond acceptors (Lipinski definition) is 2. The van der Waals surface area contributed by atoms with Crippen molar-refractivity contribution in [3.8, 4) is 0 Å². The first-order valence-corrected chi connectivity index (χ1v) is 5.83. The molecular weight excluding hydrogens is 232 g/mol. The van der Waals surface area contributed by atoms with E-state index in [2.05, 4.69) is 5.32 Å². The van der Waals surface area contributed by atoms with Crippen molar-refractivity contribution in [2.24, 2.45) is 13.0 Å². The van der Waals surface area contributed by atoms with Gasteiger partial charge in [-0.05, 0) is 25.5 Å². The zero-order valence-electron chi connectivity index (χ0n) is 10.4. The molecule has 2 unspecified atom stereocenters. The Hall–Kier alpha value is -2.04. The van der Waals surface area contributed by atoms with Crippen LogP contribution in [0, 0.1) is 12.8 Å². The maximum Gasteiger partial charge on any atom is 0.310 e. The first kappa shape index (κ1) is 12.4. The summed E-state index contributed by atoms with van der Waals surface area (Å²) < 4.78 is 1.81. The fourth-order valence-electron chi connectivity index (χ4n) is 2.07. The average Bonchev–Trinajstić information content (AvgIpc) is 2.88. The molecule has 1 aliphatic rings. The van der Waals surface area contributed by atoms with Gasteiger partial charge in [-0.3, -0.25) is 9.59 Å². The van der Waals surface area contributed by atoms with Crippen molar-refractivity contribution in [3.05, 3.63) is 35.7 Å². The van der Waals surface area contributed by atoms with E-state index in [-0.39, 0.29) is 11.9 Å². The van der Waals surface area contributed by atoms with Crippen molar-refractivity contribution in [1.82, 2.24) is 9.88 Å². The standard InChI is InChI=1S/C13H16N2O3/c1-8-3-6-11(15(8)2)12(16)14-10-5-4-9(7-10)13(17)18/h3-6,9-10H,7H2,1-2H3,(H,14,16)(H,17,18). The summed E-state index contributed by atoms with van der Waals surface area (Å²) in [7, 11) is 1.83. The maximum absolute atomic E-state index is 12.0. The topological polar surface area (TPSA) is 71.3 Å². The van der Waals surface area contributed by atoms with Gasteiger partial charge >= 0.3 is 5.97 Å². The van der Waals surface area contributed by atoms with E-state index in [1.54, 1.807) is 18.2 Å². The Kier molecular flexibility index (Phi) is 3.23. The highest BCUT2D eigenvalue weighted by molar-refractivity contribution is 5.93. The van der Waals surface area contributed by atoms with E-state index >= 15 is 0 Å². The molecule has 0 fully saturated rings. The fraction of sp³-hybridized carbons (Fsp3) is 0.385. The van der Waals surface area contributed by atoms with Gasteiger partial charge in [0.15, 0.2) is 0 Å². The van der Waals surface area contributed by atoms with Crippen molar-refractivity contribution in [3.63, 3.8) is 0 Å².